The van der Waals surface area contributed by atoms with Crippen molar-refractivity contribution in [2.45, 2.75) is 57.7 Å². The molecule has 0 saturated heterocycles. The van der Waals surface area contributed by atoms with E-state index in [-0.39, 0.29) is 18.4 Å². The second kappa shape index (κ2) is 11.2. The number of amides is 2. The van der Waals surface area contributed by atoms with Gasteiger partial charge in [0.25, 0.3) is 0 Å². The van der Waals surface area contributed by atoms with Gasteiger partial charge in [-0.1, -0.05) is 68.8 Å². The summed E-state index contributed by atoms with van der Waals surface area (Å²) in [6, 6.07) is 13.5. The van der Waals surface area contributed by atoms with Crippen LogP contribution >= 0.6 is 0 Å². The molecular weight excluding hydrogens is 436 g/mol. The summed E-state index contributed by atoms with van der Waals surface area (Å²) in [5, 5.41) is 23.8. The highest BCUT2D eigenvalue weighted by Gasteiger charge is 2.32. The highest BCUT2D eigenvalue weighted by molar-refractivity contribution is 5.89. The summed E-state index contributed by atoms with van der Waals surface area (Å²) in [5.74, 6) is -2.06. The second-order valence-corrected chi connectivity index (χ2v) is 8.84. The predicted octanol–water partition coefficient (Wildman–Crippen LogP) is 3.28. The average molecular weight is 469 g/mol. The Morgan fingerprint density at radius 1 is 0.971 bits per heavy atom. The molecule has 2 unspecified atom stereocenters. The van der Waals surface area contributed by atoms with Gasteiger partial charge < -0.3 is 25.6 Å². The molecule has 0 aromatic heterocycles. The molecule has 0 radical (unpaired) electrons. The zero-order valence-electron chi connectivity index (χ0n) is 19.7. The van der Waals surface area contributed by atoms with Gasteiger partial charge in [0, 0.05) is 5.92 Å². The van der Waals surface area contributed by atoms with Gasteiger partial charge in [-0.05, 0) is 41.5 Å². The summed E-state index contributed by atoms with van der Waals surface area (Å²) in [7, 11) is 0. The minimum absolute atomic E-state index is 0.0967. The molecule has 1 aliphatic rings. The Kier molecular flexibility index (Phi) is 8.28. The van der Waals surface area contributed by atoms with Gasteiger partial charge in [-0.15, -0.1) is 0 Å². The lowest BCUT2D eigenvalue weighted by atomic mass is 9.98. The van der Waals surface area contributed by atoms with Gasteiger partial charge in [0.1, 0.15) is 12.6 Å². The molecule has 8 heteroatoms. The molecule has 2 aromatic rings. The Balaban J connectivity index is 1.69. The topological polar surface area (TPSA) is 125 Å². The lowest BCUT2D eigenvalue weighted by Gasteiger charge is -2.24. The van der Waals surface area contributed by atoms with E-state index in [2.05, 4.69) is 10.6 Å². The Hall–Kier alpha value is -3.39. The monoisotopic (exact) mass is 468 g/mol. The van der Waals surface area contributed by atoms with Gasteiger partial charge in [-0.2, -0.15) is 0 Å². The molecule has 0 spiro atoms. The smallest absolute Gasteiger partial charge is 0.407 e. The first-order valence-corrected chi connectivity index (χ1v) is 11.6. The van der Waals surface area contributed by atoms with Crippen LogP contribution in [-0.2, 0) is 14.3 Å². The van der Waals surface area contributed by atoms with Crippen molar-refractivity contribution in [1.82, 2.24) is 10.6 Å². The number of aliphatic hydroxyl groups is 1. The van der Waals surface area contributed by atoms with Gasteiger partial charge in [-0.3, -0.25) is 4.79 Å². The molecule has 3 rings (SSSR count). The first kappa shape index (κ1) is 25.2. The van der Waals surface area contributed by atoms with E-state index in [9.17, 15) is 24.6 Å². The highest BCUT2D eigenvalue weighted by atomic mass is 16.5. The molecule has 0 saturated carbocycles. The van der Waals surface area contributed by atoms with Crippen LogP contribution in [0.3, 0.4) is 0 Å². The molecule has 1 aliphatic carbocycles. The number of alkyl carbamates (subject to hydrolysis) is 1. The lowest BCUT2D eigenvalue weighted by Crippen LogP contribution is -2.55. The van der Waals surface area contributed by atoms with E-state index in [0.717, 1.165) is 28.7 Å². The fraction of sp³-hybridized carbons (Fsp3) is 0.423. The summed E-state index contributed by atoms with van der Waals surface area (Å²) in [6.45, 7) is 5.27. The van der Waals surface area contributed by atoms with Crippen LogP contribution in [0.4, 0.5) is 4.79 Å². The molecule has 0 aliphatic heterocycles. The van der Waals surface area contributed by atoms with E-state index in [1.807, 2.05) is 62.4 Å². The van der Waals surface area contributed by atoms with Crippen molar-refractivity contribution in [3.05, 3.63) is 59.7 Å². The van der Waals surface area contributed by atoms with E-state index >= 15 is 0 Å². The zero-order chi connectivity index (χ0) is 24.8. The minimum atomic E-state index is -1.48. The van der Waals surface area contributed by atoms with E-state index in [1.165, 1.54) is 6.92 Å². The van der Waals surface area contributed by atoms with Crippen LogP contribution in [0.2, 0.25) is 0 Å². The molecule has 4 N–H and O–H groups in total. The number of nitrogens with one attached hydrogen (secondary N) is 2. The van der Waals surface area contributed by atoms with Crippen molar-refractivity contribution in [2.24, 2.45) is 5.92 Å². The molecule has 2 aromatic carbocycles. The fourth-order valence-corrected chi connectivity index (χ4v) is 4.23. The summed E-state index contributed by atoms with van der Waals surface area (Å²) in [4.78, 5) is 36.8. The van der Waals surface area contributed by atoms with Gasteiger partial charge in [0.15, 0.2) is 6.04 Å². The Morgan fingerprint density at radius 3 is 2.03 bits per heavy atom. The zero-order valence-corrected chi connectivity index (χ0v) is 19.7. The third-order valence-corrected chi connectivity index (χ3v) is 6.33. The van der Waals surface area contributed by atoms with Crippen molar-refractivity contribution in [3.8, 4) is 11.1 Å². The number of hydrogen-bond donors (Lipinski definition) is 4. The van der Waals surface area contributed by atoms with Crippen LogP contribution < -0.4 is 10.6 Å². The normalized spacial score (nSPS) is 15.9. The number of aliphatic hydroxyl groups excluding tert-OH is 1. The molecule has 182 valence electrons. The molecule has 2 amide bonds. The van der Waals surface area contributed by atoms with E-state index < -0.39 is 36.2 Å². The van der Waals surface area contributed by atoms with Gasteiger partial charge in [-0.25, -0.2) is 9.59 Å². The molecule has 0 heterocycles. The van der Waals surface area contributed by atoms with Crippen molar-refractivity contribution in [1.29, 1.82) is 0 Å². The van der Waals surface area contributed by atoms with Crippen LogP contribution in [0, 0.1) is 5.92 Å². The lowest BCUT2D eigenvalue weighted by molar-refractivity contribution is -0.145. The first-order chi connectivity index (χ1) is 16.2. The third kappa shape index (κ3) is 5.75. The van der Waals surface area contributed by atoms with Crippen LogP contribution in [0.15, 0.2) is 48.5 Å². The van der Waals surface area contributed by atoms with Crippen LogP contribution in [0.1, 0.15) is 50.7 Å². The number of carbonyl (C=O) groups is 3. The first-order valence-electron chi connectivity index (χ1n) is 11.6. The van der Waals surface area contributed by atoms with Crippen LogP contribution in [0.25, 0.3) is 11.1 Å². The molecule has 0 fully saturated rings. The standard InChI is InChI=1S/C26H32N2O6/c1-4-15(2)13-22(24(30)28-23(16(3)29)25(31)32)27-26(33)34-14-21-19-11-7-5-9-17(19)18-10-6-8-12-20(18)21/h5-12,15-16,21-23,29H,4,13-14H2,1-3H3,(H,27,33)(H,28,30)(H,31,32)/t15?,16-,22?,23+/m1/s1. The number of aliphatic carboxylic acids is 1. The summed E-state index contributed by atoms with van der Waals surface area (Å²) in [5.41, 5.74) is 4.37. The molecule has 34 heavy (non-hydrogen) atoms. The highest BCUT2D eigenvalue weighted by Crippen LogP contribution is 2.44. The van der Waals surface area contributed by atoms with E-state index in [1.54, 1.807) is 0 Å². The van der Waals surface area contributed by atoms with Crippen LogP contribution in [-0.4, -0.2) is 53.0 Å². The average Bonchev–Trinajstić information content (AvgIpc) is 3.13. The van der Waals surface area contributed by atoms with Gasteiger partial charge >= 0.3 is 12.1 Å². The summed E-state index contributed by atoms with van der Waals surface area (Å²) < 4.78 is 5.54. The van der Waals surface area contributed by atoms with Crippen molar-refractivity contribution in [2.75, 3.05) is 6.61 Å². The molecule has 0 bridgehead atoms. The Bertz CT molecular complexity index is 992. The maximum absolute atomic E-state index is 12.8. The predicted molar refractivity (Wildman–Crippen MR) is 127 cm³/mol. The Labute approximate surface area is 199 Å². The molecule has 4 atom stereocenters. The number of fused-ring (bicyclic) bond motifs is 3. The fourth-order valence-electron chi connectivity index (χ4n) is 4.23. The largest absolute Gasteiger partial charge is 0.480 e. The number of rotatable bonds is 10. The maximum Gasteiger partial charge on any atom is 0.407 e. The number of carboxylic acids is 1. The molecule has 8 nitrogen and oxygen atoms in total. The number of hydrogen-bond acceptors (Lipinski definition) is 5. The number of carboxylic acid groups (broad SMARTS) is 1. The van der Waals surface area contributed by atoms with E-state index in [0.29, 0.717) is 6.42 Å². The third-order valence-electron chi connectivity index (χ3n) is 6.33. The van der Waals surface area contributed by atoms with Crippen molar-refractivity contribution in [3.63, 3.8) is 0 Å². The summed E-state index contributed by atoms with van der Waals surface area (Å²) >= 11 is 0. The Morgan fingerprint density at radius 2 is 1.53 bits per heavy atom. The van der Waals surface area contributed by atoms with Crippen molar-refractivity contribution < 1.29 is 29.3 Å². The minimum Gasteiger partial charge on any atom is -0.480 e. The second-order valence-electron chi connectivity index (χ2n) is 8.84. The number of carbonyl (C=O) groups excluding carboxylic acids is 2. The van der Waals surface area contributed by atoms with E-state index in [4.69, 9.17) is 4.74 Å². The van der Waals surface area contributed by atoms with Gasteiger partial charge in [0.2, 0.25) is 5.91 Å². The summed E-state index contributed by atoms with van der Waals surface area (Å²) in [6.07, 6.45) is -0.970. The number of benzene rings is 2. The number of ether oxygens (including phenoxy) is 1. The maximum atomic E-state index is 12.8. The molecular formula is C26H32N2O6. The van der Waals surface area contributed by atoms with Crippen LogP contribution in [0.5, 0.6) is 0 Å². The van der Waals surface area contributed by atoms with Gasteiger partial charge in [0.05, 0.1) is 6.10 Å². The van der Waals surface area contributed by atoms with Crippen molar-refractivity contribution >= 4 is 18.0 Å². The SMILES string of the molecule is CCC(C)CC(NC(=O)OCC1c2ccccc2-c2ccccc21)C(=O)N[C@H](C(=O)O)[C@@H](C)O. The quantitative estimate of drug-likeness (QED) is 0.424.